The predicted molar refractivity (Wildman–Crippen MR) is 161 cm³/mol. The van der Waals surface area contributed by atoms with Crippen molar-refractivity contribution in [2.24, 2.45) is 16.8 Å². The Morgan fingerprint density at radius 1 is 0.952 bits per heavy atom. The average Bonchev–Trinajstić information content (AvgIpc) is 2.99. The molecule has 1 amide bonds. The number of aromatic hydroxyl groups is 1. The van der Waals surface area contributed by atoms with Gasteiger partial charge in [0, 0.05) is 42.6 Å². The smallest absolute Gasteiger partial charge is 0.256 e. The summed E-state index contributed by atoms with van der Waals surface area (Å²) in [4.78, 5) is 30.0. The number of aliphatic hydroxyl groups excluding tert-OH is 1. The van der Waals surface area contributed by atoms with Crippen molar-refractivity contribution in [3.63, 3.8) is 0 Å². The zero-order valence-corrected chi connectivity index (χ0v) is 23.6. The lowest BCUT2D eigenvalue weighted by Crippen LogP contribution is -2.27. The van der Waals surface area contributed by atoms with Gasteiger partial charge in [-0.2, -0.15) is 15.0 Å². The number of anilines is 3. The average molecular weight is 576 g/mol. The van der Waals surface area contributed by atoms with E-state index < -0.39 is 0 Å². The fourth-order valence-electron chi connectivity index (χ4n) is 4.13. The number of phenolic OH excluding ortho intramolecular Hbond substituents is 1. The van der Waals surface area contributed by atoms with Crippen molar-refractivity contribution in [3.8, 4) is 5.75 Å². The van der Waals surface area contributed by atoms with Gasteiger partial charge in [-0.25, -0.2) is 4.99 Å². The Balaban J connectivity index is 1.24. The molecule has 1 aromatic heterocycles. The highest BCUT2D eigenvalue weighted by molar-refractivity contribution is 5.97. The third-order valence-corrected chi connectivity index (χ3v) is 6.47. The van der Waals surface area contributed by atoms with E-state index in [0.717, 1.165) is 5.71 Å². The molecule has 2 aromatic carbocycles. The Labute approximate surface area is 245 Å². The molecule has 12 heteroatoms. The Morgan fingerprint density at radius 2 is 1.67 bits per heavy atom. The number of amides is 1. The number of ether oxygens (including phenoxy) is 2. The number of hydrogen-bond donors (Lipinski definition) is 5. The SMILES string of the molecule is CC1CC(=Nc2nc(NCCOCCOCCNC(=O)c3ccccc3)nc(Nc3ccc(O)cc3)n2)C=CC1CO. The van der Waals surface area contributed by atoms with Gasteiger partial charge in [0.1, 0.15) is 5.75 Å². The molecule has 0 saturated carbocycles. The highest BCUT2D eigenvalue weighted by atomic mass is 16.5. The summed E-state index contributed by atoms with van der Waals surface area (Å²) >= 11 is 0. The van der Waals surface area contributed by atoms with Gasteiger partial charge in [-0.05, 0) is 54.8 Å². The van der Waals surface area contributed by atoms with E-state index in [0.29, 0.717) is 69.1 Å². The van der Waals surface area contributed by atoms with Crippen LogP contribution in [-0.4, -0.2) is 82.9 Å². The van der Waals surface area contributed by atoms with Crippen molar-refractivity contribution < 1.29 is 24.5 Å². The van der Waals surface area contributed by atoms with Crippen molar-refractivity contribution in [3.05, 3.63) is 72.3 Å². The van der Waals surface area contributed by atoms with Gasteiger partial charge in [-0.1, -0.05) is 31.2 Å². The molecule has 0 spiro atoms. The van der Waals surface area contributed by atoms with Crippen LogP contribution < -0.4 is 16.0 Å². The van der Waals surface area contributed by atoms with E-state index in [1.54, 1.807) is 36.4 Å². The molecule has 0 fully saturated rings. The maximum atomic E-state index is 12.0. The third-order valence-electron chi connectivity index (χ3n) is 6.47. The van der Waals surface area contributed by atoms with Gasteiger partial charge in [-0.3, -0.25) is 4.79 Å². The van der Waals surface area contributed by atoms with Crippen LogP contribution in [0, 0.1) is 11.8 Å². The third kappa shape index (κ3) is 9.91. The Hall–Kier alpha value is -4.39. The van der Waals surface area contributed by atoms with E-state index >= 15 is 0 Å². The van der Waals surface area contributed by atoms with Crippen LogP contribution in [0.3, 0.4) is 0 Å². The summed E-state index contributed by atoms with van der Waals surface area (Å²) in [5.74, 6) is 1.27. The van der Waals surface area contributed by atoms with Crippen molar-refractivity contribution in [2.75, 3.05) is 56.8 Å². The van der Waals surface area contributed by atoms with Crippen LogP contribution in [0.5, 0.6) is 5.75 Å². The highest BCUT2D eigenvalue weighted by Gasteiger charge is 2.20. The molecule has 1 aliphatic rings. The number of allylic oxidation sites excluding steroid dienone is 1. The zero-order chi connectivity index (χ0) is 29.6. The minimum Gasteiger partial charge on any atom is -0.508 e. The number of carbonyl (C=O) groups excluding carboxylic acids is 1. The Kier molecular flexibility index (Phi) is 11.8. The van der Waals surface area contributed by atoms with E-state index in [1.165, 1.54) is 0 Å². The van der Waals surface area contributed by atoms with Gasteiger partial charge in [0.25, 0.3) is 11.9 Å². The summed E-state index contributed by atoms with van der Waals surface area (Å²) in [5.41, 5.74) is 2.14. The largest absolute Gasteiger partial charge is 0.508 e. The van der Waals surface area contributed by atoms with Crippen molar-refractivity contribution >= 4 is 35.2 Å². The standard InChI is InChI=1S/C30H37N7O5/c1-21-19-25(8-7-23(21)20-38)34-30-36-28(35-29(37-30)33-24-9-11-26(39)12-10-24)32-14-16-42-18-17-41-15-13-31-27(40)22-5-3-2-4-6-22/h2-12,21,23,38-39H,13-20H2,1H3,(H,31,40)(H2,32,33,35,36,37). The van der Waals surface area contributed by atoms with Gasteiger partial charge in [0.05, 0.1) is 26.4 Å². The summed E-state index contributed by atoms with van der Waals surface area (Å²) < 4.78 is 11.2. The Bertz CT molecular complexity index is 1340. The van der Waals surface area contributed by atoms with Crippen LogP contribution >= 0.6 is 0 Å². The lowest BCUT2D eigenvalue weighted by molar-refractivity contribution is 0.0519. The molecule has 222 valence electrons. The second kappa shape index (κ2) is 16.2. The number of nitrogens with zero attached hydrogens (tertiary/aromatic N) is 4. The molecule has 4 rings (SSSR count). The molecule has 0 radical (unpaired) electrons. The first kappa shape index (κ1) is 30.6. The number of rotatable bonds is 15. The first-order valence-electron chi connectivity index (χ1n) is 13.9. The molecule has 1 aliphatic carbocycles. The fraction of sp³-hybridized carbons (Fsp3) is 0.367. The van der Waals surface area contributed by atoms with Crippen molar-refractivity contribution in [2.45, 2.75) is 13.3 Å². The predicted octanol–water partition coefficient (Wildman–Crippen LogP) is 3.47. The molecule has 0 saturated heterocycles. The number of carbonyl (C=O) groups is 1. The molecule has 3 aromatic rings. The molecule has 0 aliphatic heterocycles. The topological polar surface area (TPSA) is 163 Å². The van der Waals surface area contributed by atoms with E-state index in [4.69, 9.17) is 9.47 Å². The highest BCUT2D eigenvalue weighted by Crippen LogP contribution is 2.25. The molecule has 42 heavy (non-hydrogen) atoms. The van der Waals surface area contributed by atoms with Crippen molar-refractivity contribution in [1.82, 2.24) is 20.3 Å². The first-order chi connectivity index (χ1) is 20.5. The van der Waals surface area contributed by atoms with E-state index in [1.807, 2.05) is 30.4 Å². The summed E-state index contributed by atoms with van der Waals surface area (Å²) in [6.07, 6.45) is 4.56. The fourth-order valence-corrected chi connectivity index (χ4v) is 4.13. The lowest BCUT2D eigenvalue weighted by atomic mass is 9.85. The number of nitrogens with one attached hydrogen (secondary N) is 3. The summed E-state index contributed by atoms with van der Waals surface area (Å²) in [7, 11) is 0. The van der Waals surface area contributed by atoms with Gasteiger partial charge >= 0.3 is 0 Å². The minimum atomic E-state index is -0.129. The number of aliphatic imine (C=N–C) groups is 1. The number of phenols is 1. The molecular weight excluding hydrogens is 538 g/mol. The molecule has 0 bridgehead atoms. The molecule has 2 unspecified atom stereocenters. The second-order valence-electron chi connectivity index (χ2n) is 9.72. The Morgan fingerprint density at radius 3 is 2.38 bits per heavy atom. The zero-order valence-electron chi connectivity index (χ0n) is 23.6. The van der Waals surface area contributed by atoms with Crippen LogP contribution in [0.15, 0.2) is 71.7 Å². The number of aromatic nitrogens is 3. The molecule has 1 heterocycles. The summed E-state index contributed by atoms with van der Waals surface area (Å²) in [6, 6.07) is 15.6. The summed E-state index contributed by atoms with van der Waals surface area (Å²) in [6.45, 7) is 4.63. The quantitative estimate of drug-likeness (QED) is 0.134. The van der Waals surface area contributed by atoms with Crippen molar-refractivity contribution in [1.29, 1.82) is 0 Å². The number of hydrogen-bond acceptors (Lipinski definition) is 11. The van der Waals surface area contributed by atoms with Crippen LogP contribution in [0.2, 0.25) is 0 Å². The van der Waals surface area contributed by atoms with Gasteiger partial charge in [0.15, 0.2) is 0 Å². The molecule has 2 atom stereocenters. The van der Waals surface area contributed by atoms with Gasteiger partial charge in [0.2, 0.25) is 11.9 Å². The van der Waals surface area contributed by atoms with Crippen LogP contribution in [0.25, 0.3) is 0 Å². The van der Waals surface area contributed by atoms with Crippen LogP contribution in [-0.2, 0) is 9.47 Å². The van der Waals surface area contributed by atoms with Gasteiger partial charge < -0.3 is 35.6 Å². The minimum absolute atomic E-state index is 0.104. The van der Waals surface area contributed by atoms with Crippen LogP contribution in [0.4, 0.5) is 23.5 Å². The van der Waals surface area contributed by atoms with E-state index in [-0.39, 0.29) is 36.0 Å². The lowest BCUT2D eigenvalue weighted by Gasteiger charge is -2.22. The van der Waals surface area contributed by atoms with E-state index in [2.05, 4.69) is 42.8 Å². The monoisotopic (exact) mass is 575 g/mol. The van der Waals surface area contributed by atoms with Crippen LogP contribution in [0.1, 0.15) is 23.7 Å². The van der Waals surface area contributed by atoms with E-state index in [9.17, 15) is 15.0 Å². The maximum absolute atomic E-state index is 12.0. The molecule has 12 nitrogen and oxygen atoms in total. The number of aliphatic hydroxyl groups is 1. The number of benzene rings is 2. The summed E-state index contributed by atoms with van der Waals surface area (Å²) in [5, 5.41) is 28.2. The first-order valence-corrected chi connectivity index (χ1v) is 13.9. The second-order valence-corrected chi connectivity index (χ2v) is 9.72. The maximum Gasteiger partial charge on any atom is 0.256 e. The normalized spacial score (nSPS) is 17.2. The molecular formula is C30H37N7O5. The molecule has 5 N–H and O–H groups in total. The van der Waals surface area contributed by atoms with Gasteiger partial charge in [-0.15, -0.1) is 0 Å².